The van der Waals surface area contributed by atoms with Crippen LogP contribution in [0.3, 0.4) is 0 Å². The van der Waals surface area contributed by atoms with Crippen molar-refractivity contribution in [1.29, 1.82) is 0 Å². The average Bonchev–Trinajstić information content (AvgIpc) is 3.17. The molecule has 2 aromatic carbocycles. The van der Waals surface area contributed by atoms with Crippen molar-refractivity contribution in [3.05, 3.63) is 47.8 Å². The fourth-order valence-electron chi connectivity index (χ4n) is 3.73. The van der Waals surface area contributed by atoms with Crippen LogP contribution in [-0.4, -0.2) is 57.2 Å². The Hall–Kier alpha value is -3.48. The Morgan fingerprint density at radius 1 is 1.11 bits per heavy atom. The first-order chi connectivity index (χ1) is 16.6. The monoisotopic (exact) mass is 506 g/mol. The molecule has 0 bridgehead atoms. The molecule has 0 radical (unpaired) electrons. The minimum Gasteiger partial charge on any atom is -0.490 e. The number of halogens is 1. The summed E-state index contributed by atoms with van der Waals surface area (Å²) in [6.45, 7) is 4.27. The number of carbonyl (C=O) groups excluding carboxylic acids is 2. The quantitative estimate of drug-likeness (QED) is 0.397. The topological polar surface area (TPSA) is 138 Å². The van der Waals surface area contributed by atoms with Crippen molar-refractivity contribution >= 4 is 33.1 Å². The molecule has 0 atom stereocenters. The van der Waals surface area contributed by atoms with Gasteiger partial charge < -0.3 is 24.4 Å². The summed E-state index contributed by atoms with van der Waals surface area (Å²) in [6.07, 6.45) is -1.74. The Morgan fingerprint density at radius 3 is 2.37 bits per heavy atom. The fourth-order valence-corrected chi connectivity index (χ4v) is 5.25. The van der Waals surface area contributed by atoms with Gasteiger partial charge in [-0.1, -0.05) is 0 Å². The number of benzene rings is 2. The molecule has 0 saturated carbocycles. The van der Waals surface area contributed by atoms with Crippen LogP contribution in [0.5, 0.6) is 5.75 Å². The zero-order valence-electron chi connectivity index (χ0n) is 18.9. The van der Waals surface area contributed by atoms with Gasteiger partial charge in [0.1, 0.15) is 33.4 Å². The van der Waals surface area contributed by atoms with Crippen molar-refractivity contribution in [2.24, 2.45) is 5.73 Å². The number of nitrogens with two attached hydrogens (primary N) is 1. The molecular weight excluding hydrogens is 483 g/mol. The molecule has 0 spiro atoms. The minimum atomic E-state index is -4.01. The largest absolute Gasteiger partial charge is 0.490 e. The molecule has 0 aliphatic carbocycles. The molecule has 1 amide bonds. The van der Waals surface area contributed by atoms with E-state index in [2.05, 4.69) is 4.74 Å². The van der Waals surface area contributed by atoms with Crippen molar-refractivity contribution in [3.8, 4) is 17.1 Å². The lowest BCUT2D eigenvalue weighted by atomic mass is 10.1. The van der Waals surface area contributed by atoms with Crippen LogP contribution in [0.15, 0.2) is 45.7 Å². The molecule has 2 heterocycles. The molecule has 1 saturated heterocycles. The molecule has 4 rings (SSSR count). The number of nitrogens with zero attached hydrogens (tertiary/aromatic N) is 1. The number of fused-ring (bicyclic) bond motifs is 1. The molecule has 1 fully saturated rings. The van der Waals surface area contributed by atoms with E-state index in [-0.39, 0.29) is 59.2 Å². The Morgan fingerprint density at radius 2 is 1.77 bits per heavy atom. The number of sulfonamides is 1. The van der Waals surface area contributed by atoms with Crippen LogP contribution in [0.2, 0.25) is 0 Å². The molecule has 1 aliphatic rings. The molecule has 0 unspecified atom stereocenters. The fraction of sp³-hybridized carbons (Fsp3) is 0.304. The second-order valence-electron chi connectivity index (χ2n) is 8.00. The van der Waals surface area contributed by atoms with E-state index in [0.29, 0.717) is 5.56 Å². The number of morpholine rings is 1. The molecule has 12 heteroatoms. The van der Waals surface area contributed by atoms with Crippen molar-refractivity contribution in [1.82, 2.24) is 4.31 Å². The maximum absolute atomic E-state index is 13.5. The number of primary amides is 1. The first-order valence-electron chi connectivity index (χ1n) is 10.7. The lowest BCUT2D eigenvalue weighted by molar-refractivity contribution is 0.0640. The standard InChI is InChI=1S/C23H23FN2O8S/c1-13(2)32-18-11-16-17(12-19(18)35(29,30)26-7-9-31-10-8-26)33-21(14-3-5-15(24)6-4-14)20(16)22(27)34-23(25)28/h3-6,11-13H,7-10H2,1-2H3,(H2,25,28). The van der Waals surface area contributed by atoms with Crippen LogP contribution in [0.4, 0.5) is 9.18 Å². The highest BCUT2D eigenvalue weighted by Crippen LogP contribution is 2.40. The van der Waals surface area contributed by atoms with Gasteiger partial charge in [-0.15, -0.1) is 0 Å². The molecule has 35 heavy (non-hydrogen) atoms. The van der Waals surface area contributed by atoms with E-state index < -0.39 is 34.0 Å². The molecular formula is C23H23FN2O8S. The van der Waals surface area contributed by atoms with Gasteiger partial charge in [-0.25, -0.2) is 22.4 Å². The van der Waals surface area contributed by atoms with E-state index in [0.717, 1.165) is 12.1 Å². The van der Waals surface area contributed by atoms with Gasteiger partial charge in [-0.2, -0.15) is 4.31 Å². The lowest BCUT2D eigenvalue weighted by Crippen LogP contribution is -2.40. The summed E-state index contributed by atoms with van der Waals surface area (Å²) < 4.78 is 63.2. The molecule has 3 aromatic rings. The second-order valence-corrected chi connectivity index (χ2v) is 9.91. The van der Waals surface area contributed by atoms with E-state index >= 15 is 0 Å². The number of amides is 1. The summed E-state index contributed by atoms with van der Waals surface area (Å²) in [5.41, 5.74) is 5.16. The number of rotatable bonds is 6. The zero-order chi connectivity index (χ0) is 25.3. The molecule has 10 nitrogen and oxygen atoms in total. The van der Waals surface area contributed by atoms with Gasteiger partial charge in [0.25, 0.3) is 0 Å². The minimum absolute atomic E-state index is 0.0152. The number of furan rings is 1. The van der Waals surface area contributed by atoms with Gasteiger partial charge in [-0.3, -0.25) is 0 Å². The molecule has 2 N–H and O–H groups in total. The predicted molar refractivity (Wildman–Crippen MR) is 122 cm³/mol. The highest BCUT2D eigenvalue weighted by atomic mass is 32.2. The van der Waals surface area contributed by atoms with E-state index in [9.17, 15) is 22.4 Å². The van der Waals surface area contributed by atoms with E-state index in [1.807, 2.05) is 0 Å². The Bertz CT molecular complexity index is 1380. The van der Waals surface area contributed by atoms with Gasteiger partial charge >= 0.3 is 12.1 Å². The average molecular weight is 507 g/mol. The summed E-state index contributed by atoms with van der Waals surface area (Å²) in [4.78, 5) is 23.9. The van der Waals surface area contributed by atoms with Crippen LogP contribution in [0.1, 0.15) is 24.2 Å². The SMILES string of the molecule is CC(C)Oc1cc2c(C(=O)OC(N)=O)c(-c3ccc(F)cc3)oc2cc1S(=O)(=O)N1CCOCC1. The number of ether oxygens (including phenoxy) is 3. The first kappa shape index (κ1) is 24.6. The smallest absolute Gasteiger partial charge is 0.412 e. The lowest BCUT2D eigenvalue weighted by Gasteiger charge is -2.27. The van der Waals surface area contributed by atoms with Gasteiger partial charge in [0.05, 0.1) is 19.3 Å². The van der Waals surface area contributed by atoms with Crippen LogP contribution in [-0.2, 0) is 19.5 Å². The zero-order valence-corrected chi connectivity index (χ0v) is 19.8. The Balaban J connectivity index is 1.97. The van der Waals surface area contributed by atoms with Crippen LogP contribution < -0.4 is 10.5 Å². The predicted octanol–water partition coefficient (Wildman–Crippen LogP) is 3.28. The van der Waals surface area contributed by atoms with Gasteiger partial charge in [-0.05, 0) is 44.2 Å². The Kier molecular flexibility index (Phi) is 6.79. The van der Waals surface area contributed by atoms with Crippen LogP contribution >= 0.6 is 0 Å². The van der Waals surface area contributed by atoms with Crippen LogP contribution in [0, 0.1) is 5.82 Å². The van der Waals surface area contributed by atoms with Crippen molar-refractivity contribution in [2.75, 3.05) is 26.3 Å². The van der Waals surface area contributed by atoms with Crippen molar-refractivity contribution in [2.45, 2.75) is 24.8 Å². The summed E-state index contributed by atoms with van der Waals surface area (Å²) in [5, 5.41) is 0.132. The second kappa shape index (κ2) is 9.64. The first-order valence-corrected chi connectivity index (χ1v) is 12.1. The molecule has 1 aliphatic heterocycles. The number of esters is 1. The number of carbonyl (C=O) groups is 2. The number of hydrogen-bond acceptors (Lipinski definition) is 8. The molecule has 186 valence electrons. The van der Waals surface area contributed by atoms with Crippen LogP contribution in [0.25, 0.3) is 22.3 Å². The highest BCUT2D eigenvalue weighted by Gasteiger charge is 2.33. The van der Waals surface area contributed by atoms with Gasteiger partial charge in [0.15, 0.2) is 0 Å². The third-order valence-electron chi connectivity index (χ3n) is 5.21. The summed E-state index contributed by atoms with van der Waals surface area (Å²) in [7, 11) is -4.01. The summed E-state index contributed by atoms with van der Waals surface area (Å²) >= 11 is 0. The molecule has 1 aromatic heterocycles. The highest BCUT2D eigenvalue weighted by molar-refractivity contribution is 7.89. The third kappa shape index (κ3) is 4.99. The third-order valence-corrected chi connectivity index (χ3v) is 7.13. The Labute approximate surface area is 200 Å². The van der Waals surface area contributed by atoms with Crippen molar-refractivity contribution in [3.63, 3.8) is 0 Å². The normalized spacial score (nSPS) is 14.9. The van der Waals surface area contributed by atoms with E-state index in [1.165, 1.54) is 28.6 Å². The summed E-state index contributed by atoms with van der Waals surface area (Å²) in [5.74, 6) is -1.70. The maximum Gasteiger partial charge on any atom is 0.412 e. The van der Waals surface area contributed by atoms with Gasteiger partial charge in [0.2, 0.25) is 10.0 Å². The summed E-state index contributed by atoms with van der Waals surface area (Å²) in [6, 6.07) is 7.65. The van der Waals surface area contributed by atoms with Gasteiger partial charge in [0, 0.05) is 30.1 Å². The van der Waals surface area contributed by atoms with E-state index in [1.54, 1.807) is 13.8 Å². The maximum atomic E-state index is 13.5. The van der Waals surface area contributed by atoms with E-state index in [4.69, 9.17) is 19.6 Å². The number of hydrogen-bond donors (Lipinski definition) is 1. The van der Waals surface area contributed by atoms with Crippen molar-refractivity contribution < 1.29 is 41.0 Å².